The van der Waals surface area contributed by atoms with E-state index in [2.05, 4.69) is 29.1 Å². The normalized spacial score (nSPS) is 19.9. The lowest BCUT2D eigenvalue weighted by molar-refractivity contribution is 0.0731. The summed E-state index contributed by atoms with van der Waals surface area (Å²) in [5.74, 6) is 2.60. The molecule has 0 aromatic heterocycles. The van der Waals surface area contributed by atoms with Crippen molar-refractivity contribution in [2.45, 2.75) is 26.7 Å². The highest BCUT2D eigenvalue weighted by Gasteiger charge is 2.25. The highest BCUT2D eigenvalue weighted by atomic mass is 16.5. The molecule has 0 saturated carbocycles. The standard InChI is InChI=1S/C15H31N3O2/c1-13(2)11-14-5-7-18(12-14)15(16-3)17-6-8-20-10-9-19-4/h13-14H,5-12H2,1-4H3,(H,16,17). The van der Waals surface area contributed by atoms with E-state index >= 15 is 0 Å². The van der Waals surface area contributed by atoms with E-state index < -0.39 is 0 Å². The lowest BCUT2D eigenvalue weighted by Gasteiger charge is -2.22. The van der Waals surface area contributed by atoms with Crippen molar-refractivity contribution >= 4 is 5.96 Å². The minimum atomic E-state index is 0.650. The first-order valence-electron chi connectivity index (χ1n) is 7.69. The molecule has 1 rings (SSSR count). The van der Waals surface area contributed by atoms with Crippen LogP contribution in [0.5, 0.6) is 0 Å². The SMILES string of the molecule is CN=C(NCCOCCOC)N1CCC(CC(C)C)C1. The number of nitrogens with one attached hydrogen (secondary N) is 1. The van der Waals surface area contributed by atoms with Crippen LogP contribution in [0.4, 0.5) is 0 Å². The Balaban J connectivity index is 2.20. The maximum absolute atomic E-state index is 5.44. The molecule has 5 nitrogen and oxygen atoms in total. The molecule has 0 aromatic rings. The zero-order chi connectivity index (χ0) is 14.8. The molecule has 20 heavy (non-hydrogen) atoms. The van der Waals surface area contributed by atoms with Crippen LogP contribution in [0.15, 0.2) is 4.99 Å². The number of hydrogen-bond acceptors (Lipinski definition) is 3. The molecule has 1 heterocycles. The maximum Gasteiger partial charge on any atom is 0.193 e. The van der Waals surface area contributed by atoms with E-state index in [0.29, 0.717) is 19.8 Å². The molecule has 0 amide bonds. The number of ether oxygens (including phenoxy) is 2. The van der Waals surface area contributed by atoms with Crippen molar-refractivity contribution < 1.29 is 9.47 Å². The van der Waals surface area contributed by atoms with Gasteiger partial charge in [-0.1, -0.05) is 13.8 Å². The molecule has 5 heteroatoms. The Morgan fingerprint density at radius 2 is 2.15 bits per heavy atom. The van der Waals surface area contributed by atoms with Crippen LogP contribution >= 0.6 is 0 Å². The van der Waals surface area contributed by atoms with Crippen molar-refractivity contribution in [2.75, 3.05) is 53.6 Å². The Labute approximate surface area is 123 Å². The average Bonchev–Trinajstić information content (AvgIpc) is 2.85. The summed E-state index contributed by atoms with van der Waals surface area (Å²) in [6.45, 7) is 9.62. The fourth-order valence-electron chi connectivity index (χ4n) is 2.70. The summed E-state index contributed by atoms with van der Waals surface area (Å²) in [6.07, 6.45) is 2.59. The van der Waals surface area contributed by atoms with Crippen molar-refractivity contribution in [1.82, 2.24) is 10.2 Å². The molecular formula is C15H31N3O2. The molecule has 1 aliphatic heterocycles. The topological polar surface area (TPSA) is 46.1 Å². The number of likely N-dealkylation sites (tertiary alicyclic amines) is 1. The third-order valence-electron chi connectivity index (χ3n) is 3.56. The summed E-state index contributed by atoms with van der Waals surface area (Å²) in [5.41, 5.74) is 0. The Kier molecular flexibility index (Phi) is 8.62. The van der Waals surface area contributed by atoms with Crippen LogP contribution in [0.25, 0.3) is 0 Å². The van der Waals surface area contributed by atoms with Crippen LogP contribution in [0.3, 0.4) is 0 Å². The third-order valence-corrected chi connectivity index (χ3v) is 3.56. The van der Waals surface area contributed by atoms with E-state index in [1.54, 1.807) is 7.11 Å². The molecule has 118 valence electrons. The summed E-state index contributed by atoms with van der Waals surface area (Å²) in [7, 11) is 3.54. The zero-order valence-corrected chi connectivity index (χ0v) is 13.5. The minimum Gasteiger partial charge on any atom is -0.382 e. The highest BCUT2D eigenvalue weighted by Crippen LogP contribution is 2.23. The second-order valence-electron chi connectivity index (χ2n) is 5.81. The van der Waals surface area contributed by atoms with Crippen molar-refractivity contribution in [3.63, 3.8) is 0 Å². The van der Waals surface area contributed by atoms with Gasteiger partial charge in [0.25, 0.3) is 0 Å². The van der Waals surface area contributed by atoms with Gasteiger partial charge in [0.1, 0.15) is 0 Å². The van der Waals surface area contributed by atoms with E-state index in [1.165, 1.54) is 12.8 Å². The van der Waals surface area contributed by atoms with Crippen molar-refractivity contribution in [1.29, 1.82) is 0 Å². The lowest BCUT2D eigenvalue weighted by atomic mass is 9.97. The molecular weight excluding hydrogens is 254 g/mol. The lowest BCUT2D eigenvalue weighted by Crippen LogP contribution is -2.41. The molecule has 1 aliphatic rings. The van der Waals surface area contributed by atoms with Crippen LogP contribution in [0, 0.1) is 11.8 Å². The van der Waals surface area contributed by atoms with Gasteiger partial charge < -0.3 is 19.7 Å². The quantitative estimate of drug-likeness (QED) is 0.418. The summed E-state index contributed by atoms with van der Waals surface area (Å²) in [6, 6.07) is 0. The Morgan fingerprint density at radius 3 is 2.80 bits per heavy atom. The molecule has 0 aromatic carbocycles. The van der Waals surface area contributed by atoms with Gasteiger partial charge in [-0.2, -0.15) is 0 Å². The van der Waals surface area contributed by atoms with Crippen molar-refractivity contribution in [3.05, 3.63) is 0 Å². The predicted octanol–water partition coefficient (Wildman–Crippen LogP) is 1.59. The van der Waals surface area contributed by atoms with Gasteiger partial charge in [0.05, 0.1) is 19.8 Å². The molecule has 0 radical (unpaired) electrons. The molecule has 0 aliphatic carbocycles. The minimum absolute atomic E-state index is 0.650. The van der Waals surface area contributed by atoms with Gasteiger partial charge >= 0.3 is 0 Å². The fraction of sp³-hybridized carbons (Fsp3) is 0.933. The molecule has 0 spiro atoms. The maximum atomic E-state index is 5.44. The number of rotatable bonds is 8. The molecule has 1 fully saturated rings. The van der Waals surface area contributed by atoms with Gasteiger partial charge in [-0.25, -0.2) is 0 Å². The van der Waals surface area contributed by atoms with Crippen LogP contribution in [-0.4, -0.2) is 64.5 Å². The van der Waals surface area contributed by atoms with Gasteiger partial charge in [-0.3, -0.25) is 4.99 Å². The summed E-state index contributed by atoms with van der Waals surface area (Å²) in [5, 5.41) is 3.37. The highest BCUT2D eigenvalue weighted by molar-refractivity contribution is 5.80. The second-order valence-corrected chi connectivity index (χ2v) is 5.81. The first-order chi connectivity index (χ1) is 9.67. The monoisotopic (exact) mass is 285 g/mol. The van der Waals surface area contributed by atoms with Crippen LogP contribution in [0.2, 0.25) is 0 Å². The Morgan fingerprint density at radius 1 is 1.35 bits per heavy atom. The first kappa shape index (κ1) is 17.2. The molecule has 1 N–H and O–H groups in total. The van der Waals surface area contributed by atoms with Crippen molar-refractivity contribution in [3.8, 4) is 0 Å². The van der Waals surface area contributed by atoms with Crippen LogP contribution < -0.4 is 5.32 Å². The number of hydrogen-bond donors (Lipinski definition) is 1. The zero-order valence-electron chi connectivity index (χ0n) is 13.5. The van der Waals surface area contributed by atoms with Crippen LogP contribution in [0.1, 0.15) is 26.7 Å². The van der Waals surface area contributed by atoms with E-state index in [9.17, 15) is 0 Å². The molecule has 1 unspecified atom stereocenters. The smallest absolute Gasteiger partial charge is 0.193 e. The Hall–Kier alpha value is -0.810. The third kappa shape index (κ3) is 6.57. The predicted molar refractivity (Wildman–Crippen MR) is 83.2 cm³/mol. The number of methoxy groups -OCH3 is 1. The average molecular weight is 285 g/mol. The van der Waals surface area contributed by atoms with Gasteiger partial charge in [0.2, 0.25) is 0 Å². The van der Waals surface area contributed by atoms with E-state index in [-0.39, 0.29) is 0 Å². The van der Waals surface area contributed by atoms with Gasteiger partial charge in [-0.15, -0.1) is 0 Å². The van der Waals surface area contributed by atoms with Gasteiger partial charge in [0.15, 0.2) is 5.96 Å². The first-order valence-corrected chi connectivity index (χ1v) is 7.69. The molecule has 1 saturated heterocycles. The van der Waals surface area contributed by atoms with Gasteiger partial charge in [-0.05, 0) is 24.7 Å². The summed E-state index contributed by atoms with van der Waals surface area (Å²) < 4.78 is 10.4. The fourth-order valence-corrected chi connectivity index (χ4v) is 2.70. The molecule has 1 atom stereocenters. The van der Waals surface area contributed by atoms with E-state index in [1.807, 2.05) is 7.05 Å². The Bertz CT molecular complexity index is 282. The largest absolute Gasteiger partial charge is 0.382 e. The second kappa shape index (κ2) is 10.00. The van der Waals surface area contributed by atoms with Gasteiger partial charge in [0, 0.05) is 33.8 Å². The van der Waals surface area contributed by atoms with Crippen molar-refractivity contribution in [2.24, 2.45) is 16.8 Å². The van der Waals surface area contributed by atoms with E-state index in [4.69, 9.17) is 9.47 Å². The van der Waals surface area contributed by atoms with E-state index in [0.717, 1.165) is 37.4 Å². The summed E-state index contributed by atoms with van der Waals surface area (Å²) >= 11 is 0. The molecule has 0 bridgehead atoms. The number of nitrogens with zero attached hydrogens (tertiary/aromatic N) is 2. The number of aliphatic imine (C=N–C) groups is 1. The van der Waals surface area contributed by atoms with Crippen LogP contribution in [-0.2, 0) is 9.47 Å². The summed E-state index contributed by atoms with van der Waals surface area (Å²) in [4.78, 5) is 6.73. The number of guanidine groups is 1.